The quantitative estimate of drug-likeness (QED) is 0.788. The van der Waals surface area contributed by atoms with Gasteiger partial charge in [-0.2, -0.15) is 0 Å². The molecule has 2 aliphatic rings. The van der Waals surface area contributed by atoms with Gasteiger partial charge >= 0.3 is 0 Å². The molecule has 1 aliphatic heterocycles. The first kappa shape index (κ1) is 20.4. The predicted octanol–water partition coefficient (Wildman–Crippen LogP) is 3.29. The van der Waals surface area contributed by atoms with Crippen molar-refractivity contribution in [2.45, 2.75) is 45.6 Å². The molecule has 4 rings (SSSR count). The third kappa shape index (κ3) is 4.50. The molecule has 160 valence electrons. The van der Waals surface area contributed by atoms with Crippen LogP contribution in [0.15, 0.2) is 30.5 Å². The molecule has 2 aromatic rings. The van der Waals surface area contributed by atoms with Crippen LogP contribution < -0.4 is 19.7 Å². The van der Waals surface area contributed by atoms with Gasteiger partial charge in [-0.3, -0.25) is 4.79 Å². The van der Waals surface area contributed by atoms with E-state index >= 15 is 0 Å². The van der Waals surface area contributed by atoms with E-state index < -0.39 is 0 Å². The molecule has 1 amide bonds. The number of methoxy groups -OCH3 is 1. The average Bonchev–Trinajstić information content (AvgIpc) is 3.26. The van der Waals surface area contributed by atoms with Crippen molar-refractivity contribution >= 4 is 11.9 Å². The molecule has 0 unspecified atom stereocenters. The van der Waals surface area contributed by atoms with Crippen LogP contribution in [0.1, 0.15) is 50.4 Å². The van der Waals surface area contributed by atoms with E-state index in [0.29, 0.717) is 11.5 Å². The molecule has 0 spiro atoms. The maximum absolute atomic E-state index is 12.7. The van der Waals surface area contributed by atoms with E-state index in [4.69, 9.17) is 14.5 Å². The number of hydrogen-bond acceptors (Lipinski definition) is 6. The van der Waals surface area contributed by atoms with Gasteiger partial charge in [0.1, 0.15) is 0 Å². The van der Waals surface area contributed by atoms with Crippen LogP contribution in [0.4, 0.5) is 5.95 Å². The average molecular weight is 411 g/mol. The number of amides is 1. The minimum absolute atomic E-state index is 0.0467. The van der Waals surface area contributed by atoms with Crippen molar-refractivity contribution in [2.75, 3.05) is 31.7 Å². The normalized spacial score (nSPS) is 19.8. The minimum Gasteiger partial charge on any atom is -0.493 e. The first-order chi connectivity index (χ1) is 14.4. The smallest absolute Gasteiger partial charge is 0.258 e. The van der Waals surface area contributed by atoms with Crippen LogP contribution in [0, 0.1) is 5.41 Å². The molecule has 0 saturated carbocycles. The molecule has 1 aliphatic carbocycles. The number of carbonyl (C=O) groups is 1. The Morgan fingerprint density at radius 2 is 1.97 bits per heavy atom. The molecule has 1 atom stereocenters. The summed E-state index contributed by atoms with van der Waals surface area (Å²) in [7, 11) is 1.58. The van der Waals surface area contributed by atoms with Gasteiger partial charge in [0.05, 0.1) is 18.8 Å². The Hall–Kier alpha value is -2.83. The van der Waals surface area contributed by atoms with Gasteiger partial charge in [0.15, 0.2) is 18.1 Å². The third-order valence-electron chi connectivity index (χ3n) is 5.82. The first-order valence-corrected chi connectivity index (χ1v) is 10.6. The van der Waals surface area contributed by atoms with E-state index in [1.807, 2.05) is 24.4 Å². The van der Waals surface area contributed by atoms with Crippen molar-refractivity contribution in [3.8, 4) is 11.5 Å². The predicted molar refractivity (Wildman–Crippen MR) is 115 cm³/mol. The van der Waals surface area contributed by atoms with Gasteiger partial charge in [-0.05, 0) is 43.2 Å². The molecule has 2 heterocycles. The van der Waals surface area contributed by atoms with Gasteiger partial charge in [-0.1, -0.05) is 26.0 Å². The van der Waals surface area contributed by atoms with Crippen LogP contribution in [-0.4, -0.2) is 42.7 Å². The van der Waals surface area contributed by atoms with Crippen LogP contribution in [0.5, 0.6) is 11.5 Å². The Balaban J connectivity index is 1.46. The van der Waals surface area contributed by atoms with Crippen LogP contribution in [-0.2, 0) is 11.2 Å². The summed E-state index contributed by atoms with van der Waals surface area (Å²) in [6.07, 6.45) is 6.01. The summed E-state index contributed by atoms with van der Waals surface area (Å²) in [5, 5.41) is 3.13. The summed E-state index contributed by atoms with van der Waals surface area (Å²) < 4.78 is 11.0. The van der Waals surface area contributed by atoms with Crippen molar-refractivity contribution in [2.24, 2.45) is 5.41 Å². The summed E-state index contributed by atoms with van der Waals surface area (Å²) in [6.45, 7) is 6.40. The van der Waals surface area contributed by atoms with E-state index in [2.05, 4.69) is 29.0 Å². The number of rotatable bonds is 6. The summed E-state index contributed by atoms with van der Waals surface area (Å²) in [6, 6.07) is 7.19. The fraction of sp³-hybridized carbons (Fsp3) is 0.522. The number of anilines is 1. The van der Waals surface area contributed by atoms with Crippen molar-refractivity contribution in [1.29, 1.82) is 0 Å². The Morgan fingerprint density at radius 1 is 1.23 bits per heavy atom. The number of para-hydroxylation sites is 2. The Morgan fingerprint density at radius 3 is 2.70 bits per heavy atom. The van der Waals surface area contributed by atoms with E-state index in [0.717, 1.165) is 43.1 Å². The zero-order valence-electron chi connectivity index (χ0n) is 18.0. The maximum Gasteiger partial charge on any atom is 0.258 e. The van der Waals surface area contributed by atoms with E-state index in [1.54, 1.807) is 13.2 Å². The largest absolute Gasteiger partial charge is 0.493 e. The van der Waals surface area contributed by atoms with Crippen molar-refractivity contribution in [3.63, 3.8) is 0 Å². The molecule has 30 heavy (non-hydrogen) atoms. The second-order valence-electron chi connectivity index (χ2n) is 8.87. The third-order valence-corrected chi connectivity index (χ3v) is 5.82. The molecule has 1 N–H and O–H groups in total. The highest BCUT2D eigenvalue weighted by Gasteiger charge is 2.35. The van der Waals surface area contributed by atoms with E-state index in [1.165, 1.54) is 12.8 Å². The molecule has 7 heteroatoms. The molecule has 7 nitrogen and oxygen atoms in total. The van der Waals surface area contributed by atoms with E-state index in [-0.39, 0.29) is 24.0 Å². The number of nitrogens with one attached hydrogen (secondary N) is 1. The number of carbonyl (C=O) groups excluding carboxylic acids is 1. The number of nitrogens with zero attached hydrogens (tertiary/aromatic N) is 3. The summed E-state index contributed by atoms with van der Waals surface area (Å²) in [5.41, 5.74) is 2.10. The van der Waals surface area contributed by atoms with Gasteiger partial charge in [0, 0.05) is 24.8 Å². The number of hydrogen-bond donors (Lipinski definition) is 1. The zero-order chi connectivity index (χ0) is 21.1. The molecule has 1 aromatic carbocycles. The number of fused-ring (bicyclic) bond motifs is 1. The number of benzene rings is 1. The number of ether oxygens (including phenoxy) is 2. The molecule has 0 bridgehead atoms. The van der Waals surface area contributed by atoms with Crippen molar-refractivity contribution in [3.05, 3.63) is 41.7 Å². The Labute approximate surface area is 177 Å². The lowest BCUT2D eigenvalue weighted by molar-refractivity contribution is -0.124. The molecule has 1 fully saturated rings. The lowest BCUT2D eigenvalue weighted by Gasteiger charge is -2.36. The van der Waals surface area contributed by atoms with Crippen LogP contribution in [0.3, 0.4) is 0 Å². The monoisotopic (exact) mass is 410 g/mol. The minimum atomic E-state index is -0.168. The first-order valence-electron chi connectivity index (χ1n) is 10.6. The summed E-state index contributed by atoms with van der Waals surface area (Å²) in [5.74, 6) is 1.81. The highest BCUT2D eigenvalue weighted by Crippen LogP contribution is 2.40. The van der Waals surface area contributed by atoms with Gasteiger partial charge < -0.3 is 19.7 Å². The fourth-order valence-corrected chi connectivity index (χ4v) is 4.35. The lowest BCUT2D eigenvalue weighted by Crippen LogP contribution is -2.39. The summed E-state index contributed by atoms with van der Waals surface area (Å²) >= 11 is 0. The van der Waals surface area contributed by atoms with Crippen LogP contribution in [0.2, 0.25) is 0 Å². The highest BCUT2D eigenvalue weighted by molar-refractivity contribution is 5.78. The Bertz CT molecular complexity index is 909. The second kappa shape index (κ2) is 8.50. The summed E-state index contributed by atoms with van der Waals surface area (Å²) in [4.78, 5) is 24.4. The van der Waals surface area contributed by atoms with Gasteiger partial charge in [-0.15, -0.1) is 0 Å². The lowest BCUT2D eigenvalue weighted by atomic mass is 9.74. The van der Waals surface area contributed by atoms with Gasteiger partial charge in [0.25, 0.3) is 5.91 Å². The second-order valence-corrected chi connectivity index (χ2v) is 8.87. The topological polar surface area (TPSA) is 76.6 Å². The zero-order valence-corrected chi connectivity index (χ0v) is 18.0. The molecule has 0 radical (unpaired) electrons. The highest BCUT2D eigenvalue weighted by atomic mass is 16.5. The van der Waals surface area contributed by atoms with Crippen molar-refractivity contribution in [1.82, 2.24) is 15.3 Å². The molecular formula is C23H30N4O3. The van der Waals surface area contributed by atoms with Crippen molar-refractivity contribution < 1.29 is 14.3 Å². The van der Waals surface area contributed by atoms with Crippen LogP contribution in [0.25, 0.3) is 0 Å². The number of aromatic nitrogens is 2. The fourth-order valence-electron chi connectivity index (χ4n) is 4.35. The molecular weight excluding hydrogens is 380 g/mol. The van der Waals surface area contributed by atoms with Crippen LogP contribution >= 0.6 is 0 Å². The molecule has 1 saturated heterocycles. The molecule has 1 aromatic heterocycles. The standard InChI is InChI=1S/C23H30N4O3/c1-23(2)12-17(25-21(28)15-30-20-9-5-4-8-19(20)29-3)16-14-24-22(26-18(16)13-23)27-10-6-7-11-27/h4-5,8-9,14,17H,6-7,10-13,15H2,1-3H3,(H,25,28)/t17-/m0/s1. The maximum atomic E-state index is 12.7. The Kier molecular flexibility index (Phi) is 5.79. The van der Waals surface area contributed by atoms with Gasteiger partial charge in [-0.25, -0.2) is 9.97 Å². The SMILES string of the molecule is COc1ccccc1OCC(=O)N[C@H]1CC(C)(C)Cc2nc(N3CCCC3)ncc21. The van der Waals surface area contributed by atoms with Gasteiger partial charge in [0.2, 0.25) is 5.95 Å². The van der Waals surface area contributed by atoms with E-state index in [9.17, 15) is 4.79 Å².